The molecule has 1 aromatic rings. The predicted octanol–water partition coefficient (Wildman–Crippen LogP) is 1.34. The number of rotatable bonds is 4. The smallest absolute Gasteiger partial charge is 0.230 e. The summed E-state index contributed by atoms with van der Waals surface area (Å²) < 4.78 is 0. The first kappa shape index (κ1) is 16.0. The van der Waals surface area contributed by atoms with Crippen molar-refractivity contribution in [2.24, 2.45) is 5.73 Å². The number of primary amides is 1. The second-order valence-electron chi connectivity index (χ2n) is 6.85. The van der Waals surface area contributed by atoms with Crippen LogP contribution in [0.25, 0.3) is 0 Å². The van der Waals surface area contributed by atoms with Gasteiger partial charge in [-0.05, 0) is 24.8 Å². The molecular weight excluding hydrogens is 290 g/mol. The van der Waals surface area contributed by atoms with Crippen LogP contribution >= 0.6 is 0 Å². The highest BCUT2D eigenvalue weighted by Gasteiger charge is 2.50. The molecule has 0 unspecified atom stereocenters. The van der Waals surface area contributed by atoms with Crippen molar-refractivity contribution in [3.8, 4) is 0 Å². The Labute approximate surface area is 137 Å². The number of carbonyl (C=O) groups excluding carboxylic acids is 2. The molecule has 5 nitrogen and oxygen atoms in total. The number of nitrogens with zero attached hydrogens (tertiary/aromatic N) is 2. The van der Waals surface area contributed by atoms with Crippen LogP contribution in [0.2, 0.25) is 0 Å². The van der Waals surface area contributed by atoms with E-state index >= 15 is 0 Å². The van der Waals surface area contributed by atoms with Gasteiger partial charge in [-0.3, -0.25) is 9.59 Å². The zero-order valence-electron chi connectivity index (χ0n) is 13.7. The maximum absolute atomic E-state index is 12.7. The van der Waals surface area contributed by atoms with Crippen LogP contribution in [0.4, 0.5) is 0 Å². The van der Waals surface area contributed by atoms with Gasteiger partial charge in [0.25, 0.3) is 0 Å². The van der Waals surface area contributed by atoms with Gasteiger partial charge in [0.1, 0.15) is 0 Å². The largest absolute Gasteiger partial charge is 0.370 e. The highest BCUT2D eigenvalue weighted by atomic mass is 16.2. The molecule has 0 bridgehead atoms. The van der Waals surface area contributed by atoms with Crippen molar-refractivity contribution in [2.75, 3.05) is 26.7 Å². The Balaban J connectivity index is 1.67. The summed E-state index contributed by atoms with van der Waals surface area (Å²) in [5, 5.41) is 0. The Morgan fingerprint density at radius 3 is 2.52 bits per heavy atom. The first-order chi connectivity index (χ1) is 11.0. The molecule has 0 saturated carbocycles. The van der Waals surface area contributed by atoms with E-state index in [9.17, 15) is 9.59 Å². The van der Waals surface area contributed by atoms with Crippen LogP contribution in [0.15, 0.2) is 30.3 Å². The van der Waals surface area contributed by atoms with Crippen molar-refractivity contribution in [3.63, 3.8) is 0 Å². The van der Waals surface area contributed by atoms with Gasteiger partial charge in [-0.1, -0.05) is 30.3 Å². The van der Waals surface area contributed by atoms with Crippen molar-refractivity contribution in [1.29, 1.82) is 0 Å². The van der Waals surface area contributed by atoms with Crippen molar-refractivity contribution in [2.45, 2.75) is 37.1 Å². The lowest BCUT2D eigenvalue weighted by molar-refractivity contribution is -0.131. The SMILES string of the molecule is CN1C(=O)[C@@H](c2ccccc2)CC12CCN(CCC(N)=O)CC2. The molecule has 1 aromatic carbocycles. The molecule has 23 heavy (non-hydrogen) atoms. The van der Waals surface area contributed by atoms with Crippen LogP contribution in [0, 0.1) is 0 Å². The van der Waals surface area contributed by atoms with E-state index in [-0.39, 0.29) is 23.3 Å². The molecular formula is C18H25N3O2. The second-order valence-corrected chi connectivity index (χ2v) is 6.85. The van der Waals surface area contributed by atoms with Crippen LogP contribution in [-0.4, -0.2) is 53.8 Å². The third-order valence-electron chi connectivity index (χ3n) is 5.59. The molecule has 0 aliphatic carbocycles. The Bertz CT molecular complexity index is 579. The Kier molecular flexibility index (Phi) is 4.39. The summed E-state index contributed by atoms with van der Waals surface area (Å²) in [6, 6.07) is 10.1. The maximum atomic E-state index is 12.7. The second kappa shape index (κ2) is 6.32. The van der Waals surface area contributed by atoms with E-state index in [1.165, 1.54) is 0 Å². The van der Waals surface area contributed by atoms with Gasteiger partial charge in [0.15, 0.2) is 0 Å². The van der Waals surface area contributed by atoms with E-state index in [4.69, 9.17) is 5.73 Å². The number of amides is 2. The average molecular weight is 315 g/mol. The van der Waals surface area contributed by atoms with Crippen molar-refractivity contribution in [3.05, 3.63) is 35.9 Å². The van der Waals surface area contributed by atoms with Crippen LogP contribution < -0.4 is 5.73 Å². The van der Waals surface area contributed by atoms with Crippen LogP contribution in [0.5, 0.6) is 0 Å². The summed E-state index contributed by atoms with van der Waals surface area (Å²) >= 11 is 0. The number of benzene rings is 1. The van der Waals surface area contributed by atoms with E-state index in [0.29, 0.717) is 6.42 Å². The van der Waals surface area contributed by atoms with Crippen LogP contribution in [-0.2, 0) is 9.59 Å². The van der Waals surface area contributed by atoms with Crippen molar-refractivity contribution >= 4 is 11.8 Å². The molecule has 2 aliphatic rings. The minimum Gasteiger partial charge on any atom is -0.370 e. The summed E-state index contributed by atoms with van der Waals surface area (Å²) in [7, 11) is 1.95. The summed E-state index contributed by atoms with van der Waals surface area (Å²) in [6.45, 7) is 2.57. The minimum atomic E-state index is -0.248. The molecule has 3 rings (SSSR count). The number of nitrogens with two attached hydrogens (primary N) is 1. The topological polar surface area (TPSA) is 66.6 Å². The number of hydrogen-bond donors (Lipinski definition) is 1. The minimum absolute atomic E-state index is 0.0154. The van der Waals surface area contributed by atoms with Crippen LogP contribution in [0.1, 0.15) is 37.2 Å². The molecule has 5 heteroatoms. The maximum Gasteiger partial charge on any atom is 0.230 e. The number of likely N-dealkylation sites (tertiary alicyclic amines) is 2. The molecule has 1 spiro atoms. The molecule has 2 saturated heterocycles. The summed E-state index contributed by atoms with van der Waals surface area (Å²) in [4.78, 5) is 27.9. The number of piperidine rings is 1. The predicted molar refractivity (Wildman–Crippen MR) is 88.8 cm³/mol. The summed E-state index contributed by atoms with van der Waals surface area (Å²) in [5.74, 6) is -0.0252. The molecule has 2 fully saturated rings. The Morgan fingerprint density at radius 1 is 1.26 bits per heavy atom. The molecule has 0 aromatic heterocycles. The lowest BCUT2D eigenvalue weighted by Gasteiger charge is -2.43. The molecule has 0 radical (unpaired) electrons. The fourth-order valence-corrected chi connectivity index (χ4v) is 4.02. The van der Waals surface area contributed by atoms with E-state index in [1.54, 1.807) is 0 Å². The van der Waals surface area contributed by atoms with E-state index < -0.39 is 0 Å². The van der Waals surface area contributed by atoms with Gasteiger partial charge in [-0.15, -0.1) is 0 Å². The highest BCUT2D eigenvalue weighted by Crippen LogP contribution is 2.44. The number of carbonyl (C=O) groups is 2. The van der Waals surface area contributed by atoms with E-state index in [1.807, 2.05) is 30.1 Å². The first-order valence-electron chi connectivity index (χ1n) is 8.35. The van der Waals surface area contributed by atoms with E-state index in [2.05, 4.69) is 17.0 Å². The summed E-state index contributed by atoms with van der Waals surface area (Å²) in [6.07, 6.45) is 3.25. The standard InChI is InChI=1S/C18H25N3O2/c1-20-17(23)15(14-5-3-2-4-6-14)13-18(20)8-11-21(12-9-18)10-7-16(19)22/h2-6,15H,7-13H2,1H3,(H2,19,22)/t15-/m1/s1. The van der Waals surface area contributed by atoms with Gasteiger partial charge in [0.05, 0.1) is 5.92 Å². The zero-order valence-corrected chi connectivity index (χ0v) is 13.7. The van der Waals surface area contributed by atoms with Gasteiger partial charge in [-0.2, -0.15) is 0 Å². The average Bonchev–Trinajstić information content (AvgIpc) is 2.81. The van der Waals surface area contributed by atoms with Gasteiger partial charge in [0.2, 0.25) is 11.8 Å². The van der Waals surface area contributed by atoms with Crippen LogP contribution in [0.3, 0.4) is 0 Å². The van der Waals surface area contributed by atoms with Gasteiger partial charge < -0.3 is 15.5 Å². The lowest BCUT2D eigenvalue weighted by atomic mass is 9.81. The van der Waals surface area contributed by atoms with Gasteiger partial charge >= 0.3 is 0 Å². The van der Waals surface area contributed by atoms with Crippen molar-refractivity contribution in [1.82, 2.24) is 9.80 Å². The molecule has 2 N–H and O–H groups in total. The molecule has 2 aliphatic heterocycles. The quantitative estimate of drug-likeness (QED) is 0.912. The molecule has 124 valence electrons. The van der Waals surface area contributed by atoms with Gasteiger partial charge in [-0.25, -0.2) is 0 Å². The molecule has 2 heterocycles. The molecule has 1 atom stereocenters. The molecule has 2 amide bonds. The van der Waals surface area contributed by atoms with E-state index in [0.717, 1.165) is 44.5 Å². The normalized spacial score (nSPS) is 24.3. The number of hydrogen-bond acceptors (Lipinski definition) is 3. The Morgan fingerprint density at radius 2 is 1.91 bits per heavy atom. The fraction of sp³-hybridized carbons (Fsp3) is 0.556. The third-order valence-corrected chi connectivity index (χ3v) is 5.59. The highest BCUT2D eigenvalue weighted by molar-refractivity contribution is 5.87. The summed E-state index contributed by atoms with van der Waals surface area (Å²) in [5.41, 5.74) is 6.33. The fourth-order valence-electron chi connectivity index (χ4n) is 4.02. The van der Waals surface area contributed by atoms with Gasteiger partial charge in [0, 0.05) is 38.6 Å². The zero-order chi connectivity index (χ0) is 16.4. The Hall–Kier alpha value is -1.88. The lowest BCUT2D eigenvalue weighted by Crippen LogP contribution is -2.51. The number of likely N-dealkylation sites (N-methyl/N-ethyl adjacent to an activating group) is 1. The first-order valence-corrected chi connectivity index (χ1v) is 8.35. The third kappa shape index (κ3) is 3.11. The monoisotopic (exact) mass is 315 g/mol. The van der Waals surface area contributed by atoms with Crippen molar-refractivity contribution < 1.29 is 9.59 Å².